The van der Waals surface area contributed by atoms with Crippen molar-refractivity contribution in [2.24, 2.45) is 0 Å². The van der Waals surface area contributed by atoms with Gasteiger partial charge in [0.05, 0.1) is 0 Å². The van der Waals surface area contributed by atoms with Gasteiger partial charge in [0, 0.05) is 12.1 Å². The van der Waals surface area contributed by atoms with E-state index in [9.17, 15) is 4.39 Å². The molecule has 2 nitrogen and oxygen atoms in total. The maximum atomic E-state index is 13.3. The average molecular weight is 252 g/mol. The molecule has 0 heterocycles. The minimum Gasteiger partial charge on any atom is -0.310 e. The first-order valence-corrected chi connectivity index (χ1v) is 6.73. The van der Waals surface area contributed by atoms with Crippen molar-refractivity contribution in [3.05, 3.63) is 35.6 Å². The van der Waals surface area contributed by atoms with E-state index in [1.807, 2.05) is 6.07 Å². The van der Waals surface area contributed by atoms with Gasteiger partial charge in [-0.15, -0.1) is 0 Å². The minimum absolute atomic E-state index is 0.160. The van der Waals surface area contributed by atoms with Crippen molar-refractivity contribution in [3.8, 4) is 0 Å². The normalized spacial score (nSPS) is 13.3. The third-order valence-corrected chi connectivity index (χ3v) is 3.35. The van der Waals surface area contributed by atoms with Crippen LogP contribution < -0.4 is 5.32 Å². The number of nitrogens with one attached hydrogen (secondary N) is 1. The van der Waals surface area contributed by atoms with E-state index in [4.69, 9.17) is 0 Å². The summed E-state index contributed by atoms with van der Waals surface area (Å²) in [6.45, 7) is 8.35. The van der Waals surface area contributed by atoms with Crippen molar-refractivity contribution in [2.75, 3.05) is 20.1 Å². The van der Waals surface area contributed by atoms with Crippen LogP contribution in [0.3, 0.4) is 0 Å². The molecule has 0 radical (unpaired) electrons. The largest absolute Gasteiger partial charge is 0.310 e. The molecule has 1 unspecified atom stereocenters. The van der Waals surface area contributed by atoms with Crippen LogP contribution in [0.5, 0.6) is 0 Å². The van der Waals surface area contributed by atoms with Gasteiger partial charge in [0.15, 0.2) is 0 Å². The van der Waals surface area contributed by atoms with Gasteiger partial charge in [-0.1, -0.05) is 19.1 Å². The van der Waals surface area contributed by atoms with Crippen LogP contribution in [0.15, 0.2) is 24.3 Å². The first-order valence-electron chi connectivity index (χ1n) is 6.73. The fourth-order valence-corrected chi connectivity index (χ4v) is 1.95. The number of hydrogen-bond acceptors (Lipinski definition) is 2. The molecule has 1 atom stereocenters. The zero-order valence-electron chi connectivity index (χ0n) is 11.9. The molecule has 1 N–H and O–H groups in total. The smallest absolute Gasteiger partial charge is 0.123 e. The van der Waals surface area contributed by atoms with Gasteiger partial charge in [-0.25, -0.2) is 4.39 Å². The molecule has 0 aliphatic rings. The molecule has 0 aliphatic heterocycles. The molecular weight excluding hydrogens is 227 g/mol. The van der Waals surface area contributed by atoms with Crippen molar-refractivity contribution in [1.29, 1.82) is 0 Å². The van der Waals surface area contributed by atoms with Crippen LogP contribution >= 0.6 is 0 Å². The van der Waals surface area contributed by atoms with E-state index >= 15 is 0 Å². The van der Waals surface area contributed by atoms with Gasteiger partial charge < -0.3 is 10.2 Å². The van der Waals surface area contributed by atoms with Gasteiger partial charge in [0.25, 0.3) is 0 Å². The highest BCUT2D eigenvalue weighted by Crippen LogP contribution is 2.18. The van der Waals surface area contributed by atoms with Crippen molar-refractivity contribution in [2.45, 2.75) is 39.3 Å². The van der Waals surface area contributed by atoms with Gasteiger partial charge in [-0.05, 0) is 58.1 Å². The average Bonchev–Trinajstić information content (AvgIpc) is 2.33. The number of rotatable bonds is 7. The molecule has 0 aromatic heterocycles. The van der Waals surface area contributed by atoms with Gasteiger partial charge in [0.1, 0.15) is 5.82 Å². The van der Waals surface area contributed by atoms with E-state index in [1.54, 1.807) is 12.1 Å². The monoisotopic (exact) mass is 252 g/mol. The topological polar surface area (TPSA) is 15.3 Å². The number of hydrogen-bond donors (Lipinski definition) is 1. The molecule has 0 aliphatic carbocycles. The Morgan fingerprint density at radius 1 is 1.33 bits per heavy atom. The van der Waals surface area contributed by atoms with Crippen LogP contribution in [0, 0.1) is 5.82 Å². The summed E-state index contributed by atoms with van der Waals surface area (Å²) >= 11 is 0. The molecule has 1 rings (SSSR count). The van der Waals surface area contributed by atoms with E-state index in [-0.39, 0.29) is 11.9 Å². The summed E-state index contributed by atoms with van der Waals surface area (Å²) in [7, 11) is 2.12. The summed E-state index contributed by atoms with van der Waals surface area (Å²) < 4.78 is 13.3. The maximum absolute atomic E-state index is 13.3. The summed E-state index contributed by atoms with van der Waals surface area (Å²) in [6, 6.07) is 7.66. The maximum Gasteiger partial charge on any atom is 0.123 e. The Morgan fingerprint density at radius 3 is 2.61 bits per heavy atom. The van der Waals surface area contributed by atoms with Crippen LogP contribution in [0.1, 0.15) is 38.8 Å². The molecule has 0 fully saturated rings. The first kappa shape index (κ1) is 15.1. The Morgan fingerprint density at radius 2 is 2.06 bits per heavy atom. The predicted octanol–water partition coefficient (Wildman–Crippen LogP) is 3.21. The zero-order chi connectivity index (χ0) is 13.5. The summed E-state index contributed by atoms with van der Waals surface area (Å²) in [5, 5.41) is 3.43. The van der Waals surface area contributed by atoms with E-state index in [2.05, 4.69) is 38.0 Å². The SMILES string of the molecule is CCNC(CCN(C)C(C)C)c1cccc(F)c1. The lowest BCUT2D eigenvalue weighted by Crippen LogP contribution is -2.31. The third-order valence-electron chi connectivity index (χ3n) is 3.35. The van der Waals surface area contributed by atoms with Gasteiger partial charge in [-0.3, -0.25) is 0 Å². The Balaban J connectivity index is 2.65. The molecule has 0 saturated carbocycles. The lowest BCUT2D eigenvalue weighted by atomic mass is 10.0. The molecule has 3 heteroatoms. The second-order valence-corrected chi connectivity index (χ2v) is 5.03. The molecular formula is C15H25FN2. The first-order chi connectivity index (χ1) is 8.54. The quantitative estimate of drug-likeness (QED) is 0.801. The second kappa shape index (κ2) is 7.49. The van der Waals surface area contributed by atoms with E-state index in [0.717, 1.165) is 25.1 Å². The van der Waals surface area contributed by atoms with Crippen molar-refractivity contribution in [1.82, 2.24) is 10.2 Å². The van der Waals surface area contributed by atoms with Crippen LogP contribution in [-0.2, 0) is 0 Å². The Bertz CT molecular complexity index is 352. The molecule has 18 heavy (non-hydrogen) atoms. The zero-order valence-corrected chi connectivity index (χ0v) is 11.9. The highest BCUT2D eigenvalue weighted by molar-refractivity contribution is 5.20. The van der Waals surface area contributed by atoms with Gasteiger partial charge >= 0.3 is 0 Å². The van der Waals surface area contributed by atoms with Crippen LogP contribution in [0.4, 0.5) is 4.39 Å². The summed E-state index contributed by atoms with van der Waals surface area (Å²) in [5.74, 6) is -0.160. The summed E-state index contributed by atoms with van der Waals surface area (Å²) in [4.78, 5) is 2.31. The second-order valence-electron chi connectivity index (χ2n) is 5.03. The Kier molecular flexibility index (Phi) is 6.30. The molecule has 0 saturated heterocycles. The minimum atomic E-state index is -0.160. The predicted molar refractivity (Wildman–Crippen MR) is 75.2 cm³/mol. The van der Waals surface area contributed by atoms with Crippen LogP contribution in [0.2, 0.25) is 0 Å². The fraction of sp³-hybridized carbons (Fsp3) is 0.600. The molecule has 1 aromatic rings. The standard InChI is InChI=1S/C15H25FN2/c1-5-17-15(9-10-18(4)12(2)3)13-7-6-8-14(16)11-13/h6-8,11-12,15,17H,5,9-10H2,1-4H3. The lowest BCUT2D eigenvalue weighted by molar-refractivity contribution is 0.257. The van der Waals surface area contributed by atoms with Crippen molar-refractivity contribution >= 4 is 0 Å². The van der Waals surface area contributed by atoms with Gasteiger partial charge in [0.2, 0.25) is 0 Å². The van der Waals surface area contributed by atoms with Crippen molar-refractivity contribution in [3.63, 3.8) is 0 Å². The molecule has 0 bridgehead atoms. The third kappa shape index (κ3) is 4.75. The van der Waals surface area contributed by atoms with Crippen LogP contribution in [-0.4, -0.2) is 31.1 Å². The van der Waals surface area contributed by atoms with Gasteiger partial charge in [-0.2, -0.15) is 0 Å². The highest BCUT2D eigenvalue weighted by Gasteiger charge is 2.12. The van der Waals surface area contributed by atoms with E-state index in [1.165, 1.54) is 6.07 Å². The number of halogens is 1. The Labute approximate surface area is 110 Å². The summed E-state index contributed by atoms with van der Waals surface area (Å²) in [6.07, 6.45) is 0.992. The fourth-order valence-electron chi connectivity index (χ4n) is 1.95. The van der Waals surface area contributed by atoms with E-state index < -0.39 is 0 Å². The number of nitrogens with zero attached hydrogens (tertiary/aromatic N) is 1. The molecule has 1 aromatic carbocycles. The Hall–Kier alpha value is -0.930. The lowest BCUT2D eigenvalue weighted by Gasteiger charge is -2.25. The molecule has 0 spiro atoms. The number of benzene rings is 1. The van der Waals surface area contributed by atoms with Crippen molar-refractivity contribution < 1.29 is 4.39 Å². The highest BCUT2D eigenvalue weighted by atomic mass is 19.1. The summed E-state index contributed by atoms with van der Waals surface area (Å²) in [5.41, 5.74) is 1.04. The van der Waals surface area contributed by atoms with E-state index in [0.29, 0.717) is 6.04 Å². The molecule has 0 amide bonds. The van der Waals surface area contributed by atoms with Crippen LogP contribution in [0.25, 0.3) is 0 Å². The molecule has 102 valence electrons.